The number of halogens is 3. The third-order valence-corrected chi connectivity index (χ3v) is 6.69. The molecule has 0 radical (unpaired) electrons. The third kappa shape index (κ3) is 9.07. The lowest BCUT2D eigenvalue weighted by atomic mass is 10.0. The van der Waals surface area contributed by atoms with E-state index in [9.17, 15) is 31.2 Å². The number of amides is 2. The smallest absolute Gasteiger partial charge is 0.243 e. The Kier molecular flexibility index (Phi) is 10.1. The van der Waals surface area contributed by atoms with Gasteiger partial charge in [-0.1, -0.05) is 19.1 Å². The molecule has 0 aliphatic rings. The molecule has 0 aliphatic heterocycles. The fraction of sp³-hybridized carbons (Fsp3) is 0.462. The summed E-state index contributed by atoms with van der Waals surface area (Å²) in [6, 6.07) is 7.53. The predicted molar refractivity (Wildman–Crippen MR) is 137 cm³/mol. The van der Waals surface area contributed by atoms with Gasteiger partial charge in [0, 0.05) is 31.1 Å². The van der Waals surface area contributed by atoms with E-state index in [0.717, 1.165) is 28.8 Å². The number of nitrogens with zero attached hydrogens (tertiary/aromatic N) is 2. The van der Waals surface area contributed by atoms with Gasteiger partial charge in [0.05, 0.1) is 11.9 Å². The number of benzene rings is 2. The topological polar surface area (TPSA) is 86.8 Å². The molecule has 1 atom stereocenters. The van der Waals surface area contributed by atoms with Crippen molar-refractivity contribution in [2.45, 2.75) is 65.1 Å². The van der Waals surface area contributed by atoms with Crippen molar-refractivity contribution < 1.29 is 31.2 Å². The van der Waals surface area contributed by atoms with E-state index in [1.165, 1.54) is 29.2 Å². The molecule has 2 rings (SSSR count). The van der Waals surface area contributed by atoms with E-state index in [4.69, 9.17) is 0 Å². The second kappa shape index (κ2) is 12.4. The number of nitrogens with one attached hydrogen (secondary N) is 1. The molecule has 2 aromatic rings. The monoisotopic (exact) mass is 541 g/mol. The Bertz CT molecular complexity index is 1200. The number of hydrogen-bond acceptors (Lipinski definition) is 4. The van der Waals surface area contributed by atoms with Gasteiger partial charge in [0.15, 0.2) is 11.6 Å². The van der Waals surface area contributed by atoms with Crippen molar-refractivity contribution in [1.29, 1.82) is 0 Å². The highest BCUT2D eigenvalue weighted by molar-refractivity contribution is 7.92. The molecule has 11 heteroatoms. The molecule has 204 valence electrons. The SMILES string of the molecule is CCC(C(=O)NC(C)(C)C)N(Cc1ccc(F)cc1)C(=O)CCCN(c1ccc(F)c(F)c1)S(C)(=O)=O. The Labute approximate surface area is 216 Å². The summed E-state index contributed by atoms with van der Waals surface area (Å²) < 4.78 is 66.0. The summed E-state index contributed by atoms with van der Waals surface area (Å²) >= 11 is 0. The van der Waals surface area contributed by atoms with Gasteiger partial charge in [0.25, 0.3) is 0 Å². The second-order valence-electron chi connectivity index (χ2n) is 9.85. The first-order valence-corrected chi connectivity index (χ1v) is 13.8. The normalized spacial score (nSPS) is 12.6. The van der Waals surface area contributed by atoms with Gasteiger partial charge < -0.3 is 10.2 Å². The third-order valence-electron chi connectivity index (χ3n) is 5.49. The van der Waals surface area contributed by atoms with Crippen molar-refractivity contribution in [2.24, 2.45) is 0 Å². The van der Waals surface area contributed by atoms with E-state index in [0.29, 0.717) is 12.0 Å². The fourth-order valence-electron chi connectivity index (χ4n) is 3.80. The van der Waals surface area contributed by atoms with Crippen LogP contribution in [0, 0.1) is 17.5 Å². The van der Waals surface area contributed by atoms with Crippen LogP contribution in [0.2, 0.25) is 0 Å². The molecule has 0 spiro atoms. The van der Waals surface area contributed by atoms with E-state index in [2.05, 4.69) is 5.32 Å². The zero-order chi connectivity index (χ0) is 28.0. The Morgan fingerprint density at radius 3 is 2.14 bits per heavy atom. The summed E-state index contributed by atoms with van der Waals surface area (Å²) in [5.74, 6) is -3.48. The van der Waals surface area contributed by atoms with Crippen molar-refractivity contribution in [3.8, 4) is 0 Å². The number of sulfonamides is 1. The first-order valence-electron chi connectivity index (χ1n) is 11.9. The van der Waals surface area contributed by atoms with Crippen LogP contribution in [-0.4, -0.2) is 49.5 Å². The van der Waals surface area contributed by atoms with Crippen LogP contribution >= 0.6 is 0 Å². The average molecular weight is 542 g/mol. The van der Waals surface area contributed by atoms with Crippen molar-refractivity contribution in [3.63, 3.8) is 0 Å². The summed E-state index contributed by atoms with van der Waals surface area (Å²) in [4.78, 5) is 27.8. The van der Waals surface area contributed by atoms with Crippen LogP contribution in [0.1, 0.15) is 52.5 Å². The van der Waals surface area contributed by atoms with Gasteiger partial charge in [-0.15, -0.1) is 0 Å². The number of carbonyl (C=O) groups excluding carboxylic acids is 2. The molecule has 1 unspecified atom stereocenters. The van der Waals surface area contributed by atoms with Crippen molar-refractivity contribution >= 4 is 27.5 Å². The zero-order valence-electron chi connectivity index (χ0n) is 21.7. The molecule has 1 N–H and O–H groups in total. The second-order valence-corrected chi connectivity index (χ2v) is 11.8. The molecule has 0 saturated carbocycles. The Morgan fingerprint density at radius 2 is 1.62 bits per heavy atom. The van der Waals surface area contributed by atoms with Crippen LogP contribution in [0.5, 0.6) is 0 Å². The molecule has 37 heavy (non-hydrogen) atoms. The number of rotatable bonds is 11. The highest BCUT2D eigenvalue weighted by Crippen LogP contribution is 2.22. The molecule has 0 aliphatic carbocycles. The van der Waals surface area contributed by atoms with E-state index < -0.39 is 45.0 Å². The zero-order valence-corrected chi connectivity index (χ0v) is 22.5. The number of carbonyl (C=O) groups is 2. The summed E-state index contributed by atoms with van der Waals surface area (Å²) in [7, 11) is -3.85. The van der Waals surface area contributed by atoms with Crippen molar-refractivity contribution in [3.05, 3.63) is 65.5 Å². The molecule has 0 saturated heterocycles. The summed E-state index contributed by atoms with van der Waals surface area (Å²) in [5.41, 5.74) is 0.0273. The maximum atomic E-state index is 13.7. The molecule has 0 aromatic heterocycles. The van der Waals surface area contributed by atoms with Crippen LogP contribution in [0.15, 0.2) is 42.5 Å². The minimum Gasteiger partial charge on any atom is -0.350 e. The van der Waals surface area contributed by atoms with Crippen molar-refractivity contribution in [2.75, 3.05) is 17.1 Å². The number of hydrogen-bond donors (Lipinski definition) is 1. The molecule has 0 bridgehead atoms. The quantitative estimate of drug-likeness (QED) is 0.458. The molecule has 2 amide bonds. The minimum atomic E-state index is -3.85. The van der Waals surface area contributed by atoms with Gasteiger partial charge in [0.1, 0.15) is 11.9 Å². The van der Waals surface area contributed by atoms with Crippen LogP contribution in [0.25, 0.3) is 0 Å². The lowest BCUT2D eigenvalue weighted by molar-refractivity contribution is -0.142. The Balaban J connectivity index is 2.25. The molecule has 0 heterocycles. The summed E-state index contributed by atoms with van der Waals surface area (Å²) in [6.45, 7) is 7.12. The van der Waals surface area contributed by atoms with Crippen LogP contribution in [0.3, 0.4) is 0 Å². The van der Waals surface area contributed by atoms with E-state index >= 15 is 0 Å². The fourth-order valence-corrected chi connectivity index (χ4v) is 4.76. The maximum absolute atomic E-state index is 13.7. The Morgan fingerprint density at radius 1 is 1.00 bits per heavy atom. The molecule has 2 aromatic carbocycles. The van der Waals surface area contributed by atoms with Gasteiger partial charge in [0.2, 0.25) is 21.8 Å². The largest absolute Gasteiger partial charge is 0.350 e. The Hall–Kier alpha value is -3.08. The van der Waals surface area contributed by atoms with Gasteiger partial charge in [-0.3, -0.25) is 13.9 Å². The molecular formula is C26H34F3N3O4S. The molecule has 0 fully saturated rings. The molecular weight excluding hydrogens is 507 g/mol. The van der Waals surface area contributed by atoms with Gasteiger partial charge in [-0.25, -0.2) is 21.6 Å². The average Bonchev–Trinajstić information content (AvgIpc) is 2.77. The van der Waals surface area contributed by atoms with Crippen LogP contribution in [0.4, 0.5) is 18.9 Å². The van der Waals surface area contributed by atoms with Crippen molar-refractivity contribution in [1.82, 2.24) is 10.2 Å². The van der Waals surface area contributed by atoms with Gasteiger partial charge in [-0.2, -0.15) is 0 Å². The van der Waals surface area contributed by atoms with E-state index in [1.807, 2.05) is 20.8 Å². The van der Waals surface area contributed by atoms with Gasteiger partial charge >= 0.3 is 0 Å². The summed E-state index contributed by atoms with van der Waals surface area (Å²) in [6.07, 6.45) is 1.19. The molecule has 7 nitrogen and oxygen atoms in total. The van der Waals surface area contributed by atoms with Gasteiger partial charge in [-0.05, 0) is 63.4 Å². The van der Waals surface area contributed by atoms with E-state index in [1.54, 1.807) is 6.92 Å². The highest BCUT2D eigenvalue weighted by Gasteiger charge is 2.30. The lowest BCUT2D eigenvalue weighted by Crippen LogP contribution is -2.53. The number of anilines is 1. The summed E-state index contributed by atoms with van der Waals surface area (Å²) in [5, 5.41) is 2.88. The van der Waals surface area contributed by atoms with Crippen LogP contribution < -0.4 is 9.62 Å². The van der Waals surface area contributed by atoms with E-state index in [-0.39, 0.29) is 37.5 Å². The maximum Gasteiger partial charge on any atom is 0.243 e. The lowest BCUT2D eigenvalue weighted by Gasteiger charge is -2.33. The first-order chi connectivity index (χ1) is 17.1. The minimum absolute atomic E-state index is 0.0497. The van der Waals surface area contributed by atoms with Crippen LogP contribution in [-0.2, 0) is 26.2 Å². The highest BCUT2D eigenvalue weighted by atomic mass is 32.2. The predicted octanol–water partition coefficient (Wildman–Crippen LogP) is 4.37. The first kappa shape index (κ1) is 30.1. The standard InChI is InChI=1S/C26H34F3N3O4S/c1-6-23(25(34)30-26(2,3)4)31(17-18-9-11-19(27)12-10-18)24(33)8-7-15-32(37(5,35)36)20-13-14-21(28)22(29)16-20/h9-14,16,23H,6-8,15,17H2,1-5H3,(H,30,34).